The molecule has 2 atom stereocenters. The number of hydrogen-bond donors (Lipinski definition) is 4. The quantitative estimate of drug-likeness (QED) is 0.230. The number of nitrogens with one attached hydrogen (secondary N) is 3. The Morgan fingerprint density at radius 3 is 2.22 bits per heavy atom. The van der Waals surface area contributed by atoms with Crippen LogP contribution in [0.4, 0.5) is 5.69 Å². The van der Waals surface area contributed by atoms with Crippen molar-refractivity contribution in [2.45, 2.75) is 37.1 Å². The molecule has 41 heavy (non-hydrogen) atoms. The molecule has 1 heterocycles. The number of rotatable bonds is 8. The summed E-state index contributed by atoms with van der Waals surface area (Å²) in [7, 11) is -7.33. The van der Waals surface area contributed by atoms with E-state index in [1.807, 2.05) is 0 Å². The molecular formula is C29H35N5O5S2. The second-order valence-corrected chi connectivity index (χ2v) is 14.9. The first-order chi connectivity index (χ1) is 19.0. The van der Waals surface area contributed by atoms with Crippen molar-refractivity contribution in [1.82, 2.24) is 9.03 Å². The number of nitrogens with zero attached hydrogens (tertiary/aromatic N) is 1. The Bertz CT molecular complexity index is 1680. The highest BCUT2D eigenvalue weighted by molar-refractivity contribution is 7.89. The van der Waals surface area contributed by atoms with Gasteiger partial charge in [0, 0.05) is 41.4 Å². The number of carbonyl (C=O) groups is 1. The smallest absolute Gasteiger partial charge is 0.241 e. The fraction of sp³-hybridized carbons (Fsp3) is 0.310. The predicted molar refractivity (Wildman–Crippen MR) is 161 cm³/mol. The molecule has 5 N–H and O–H groups in total. The van der Waals surface area contributed by atoms with Crippen molar-refractivity contribution in [3.8, 4) is 11.1 Å². The Labute approximate surface area is 241 Å². The number of carbonyl (C=O) groups excluding carboxylic acids is 1. The van der Waals surface area contributed by atoms with E-state index in [0.717, 1.165) is 11.8 Å². The van der Waals surface area contributed by atoms with Crippen LogP contribution in [0.15, 0.2) is 77.7 Å². The number of nitrogens with two attached hydrogens (primary N) is 1. The maximum Gasteiger partial charge on any atom is 0.241 e. The van der Waals surface area contributed by atoms with Crippen LogP contribution in [0.1, 0.15) is 37.8 Å². The van der Waals surface area contributed by atoms with Crippen molar-refractivity contribution in [2.75, 3.05) is 24.7 Å². The normalized spacial score (nSPS) is 18.2. The van der Waals surface area contributed by atoms with Crippen LogP contribution in [0.2, 0.25) is 0 Å². The standard InChI is InChI=1S/C29H35N5O5S2/c1-29(2,3)33-41(38,39)26-11-6-5-10-23(26)19-12-14-22(15-13-19)32-28(35)25-18-34(40(4,36)37)17-24(25)20-8-7-9-21(16-20)27(30)31/h5-16,24-25,33H,17-18H2,1-4H3,(H3,30,31)(H,32,35)/t24-,25+/m0/s1. The maximum absolute atomic E-state index is 13.5. The van der Waals surface area contributed by atoms with E-state index in [1.54, 1.807) is 93.6 Å². The lowest BCUT2D eigenvalue weighted by molar-refractivity contribution is -0.119. The molecule has 0 bridgehead atoms. The maximum atomic E-state index is 13.5. The van der Waals surface area contributed by atoms with E-state index in [0.29, 0.717) is 22.4 Å². The zero-order valence-electron chi connectivity index (χ0n) is 23.4. The first kappa shape index (κ1) is 30.4. The molecule has 0 unspecified atom stereocenters. The van der Waals surface area contributed by atoms with Crippen LogP contribution in [0.3, 0.4) is 0 Å². The van der Waals surface area contributed by atoms with Gasteiger partial charge in [0.2, 0.25) is 26.0 Å². The van der Waals surface area contributed by atoms with Crippen molar-refractivity contribution in [3.05, 3.63) is 83.9 Å². The van der Waals surface area contributed by atoms with Crippen LogP contribution in [0.25, 0.3) is 11.1 Å². The fourth-order valence-electron chi connectivity index (χ4n) is 4.94. The molecule has 3 aromatic carbocycles. The molecule has 1 saturated heterocycles. The van der Waals surface area contributed by atoms with Gasteiger partial charge in [-0.1, -0.05) is 48.5 Å². The molecule has 3 aromatic rings. The van der Waals surface area contributed by atoms with Gasteiger partial charge in [0.1, 0.15) is 5.84 Å². The Kier molecular flexibility index (Phi) is 8.42. The highest BCUT2D eigenvalue weighted by atomic mass is 32.2. The SMILES string of the molecule is CC(C)(C)NS(=O)(=O)c1ccccc1-c1ccc(NC(=O)[C@@H]2CN(S(C)(=O)=O)C[C@H]2c2cccc(C(=N)N)c2)cc1. The molecule has 10 nitrogen and oxygen atoms in total. The highest BCUT2D eigenvalue weighted by Gasteiger charge is 2.42. The van der Waals surface area contributed by atoms with Crippen molar-refractivity contribution in [2.24, 2.45) is 11.7 Å². The number of hydrogen-bond acceptors (Lipinski definition) is 6. The second-order valence-electron chi connectivity index (χ2n) is 11.3. The second kappa shape index (κ2) is 11.4. The molecule has 12 heteroatoms. The summed E-state index contributed by atoms with van der Waals surface area (Å²) >= 11 is 0. The molecule has 1 fully saturated rings. The van der Waals surface area contributed by atoms with Gasteiger partial charge in [0.15, 0.2) is 0 Å². The van der Waals surface area contributed by atoms with Gasteiger partial charge < -0.3 is 11.1 Å². The molecular weight excluding hydrogens is 562 g/mol. The lowest BCUT2D eigenvalue weighted by Gasteiger charge is -2.21. The van der Waals surface area contributed by atoms with Gasteiger partial charge in [-0.3, -0.25) is 10.2 Å². The number of anilines is 1. The summed E-state index contributed by atoms with van der Waals surface area (Å²) in [6, 6.07) is 20.5. The zero-order valence-corrected chi connectivity index (χ0v) is 25.0. The number of amidine groups is 1. The third-order valence-electron chi connectivity index (χ3n) is 6.80. The third kappa shape index (κ3) is 7.20. The average molecular weight is 598 g/mol. The van der Waals surface area contributed by atoms with Crippen LogP contribution < -0.4 is 15.8 Å². The Hall–Kier alpha value is -3.58. The lowest BCUT2D eigenvalue weighted by atomic mass is 9.87. The monoisotopic (exact) mass is 597 g/mol. The summed E-state index contributed by atoms with van der Waals surface area (Å²) in [5.41, 5.74) is 7.87. The molecule has 218 valence electrons. The molecule has 1 aliphatic rings. The molecule has 4 rings (SSSR count). The van der Waals surface area contributed by atoms with Crippen LogP contribution in [-0.2, 0) is 24.8 Å². The van der Waals surface area contributed by atoms with Gasteiger partial charge in [-0.2, -0.15) is 0 Å². The Balaban J connectivity index is 1.59. The number of benzene rings is 3. The first-order valence-electron chi connectivity index (χ1n) is 13.0. The number of nitrogen functional groups attached to an aromatic ring is 1. The molecule has 0 saturated carbocycles. The minimum atomic E-state index is -3.79. The van der Waals surface area contributed by atoms with E-state index < -0.39 is 37.4 Å². The highest BCUT2D eigenvalue weighted by Crippen LogP contribution is 2.36. The molecule has 1 amide bonds. The third-order valence-corrected chi connectivity index (χ3v) is 9.85. The van der Waals surface area contributed by atoms with Crippen molar-refractivity contribution < 1.29 is 21.6 Å². The number of sulfonamides is 2. The van der Waals surface area contributed by atoms with Crippen molar-refractivity contribution in [1.29, 1.82) is 5.41 Å². The molecule has 1 aliphatic heterocycles. The molecule has 0 aromatic heterocycles. The molecule has 0 spiro atoms. The summed E-state index contributed by atoms with van der Waals surface area (Å²) in [4.78, 5) is 13.6. The van der Waals surface area contributed by atoms with Crippen molar-refractivity contribution >= 4 is 37.5 Å². The van der Waals surface area contributed by atoms with Crippen LogP contribution in [0, 0.1) is 11.3 Å². The van der Waals surface area contributed by atoms with Crippen LogP contribution in [-0.4, -0.2) is 57.8 Å². The van der Waals surface area contributed by atoms with Gasteiger partial charge in [0.05, 0.1) is 17.1 Å². The summed E-state index contributed by atoms with van der Waals surface area (Å²) in [6.07, 6.45) is 1.12. The van der Waals surface area contributed by atoms with E-state index in [4.69, 9.17) is 11.1 Å². The summed E-state index contributed by atoms with van der Waals surface area (Å²) in [6.45, 7) is 5.47. The van der Waals surface area contributed by atoms with Gasteiger partial charge in [-0.15, -0.1) is 0 Å². The van der Waals surface area contributed by atoms with E-state index >= 15 is 0 Å². The van der Waals surface area contributed by atoms with E-state index in [-0.39, 0.29) is 29.7 Å². The van der Waals surface area contributed by atoms with E-state index in [1.165, 1.54) is 4.31 Å². The van der Waals surface area contributed by atoms with E-state index in [2.05, 4.69) is 10.0 Å². The first-order valence-corrected chi connectivity index (χ1v) is 16.3. The Morgan fingerprint density at radius 1 is 0.951 bits per heavy atom. The van der Waals surface area contributed by atoms with Gasteiger partial charge in [-0.05, 0) is 56.2 Å². The summed E-state index contributed by atoms with van der Waals surface area (Å²) < 4.78 is 54.8. The minimum absolute atomic E-state index is 0.0176. The summed E-state index contributed by atoms with van der Waals surface area (Å²) in [5, 5.41) is 10.6. The summed E-state index contributed by atoms with van der Waals surface area (Å²) in [5.74, 6) is -1.58. The van der Waals surface area contributed by atoms with Gasteiger partial charge in [-0.25, -0.2) is 25.9 Å². The van der Waals surface area contributed by atoms with Gasteiger partial charge in [0.25, 0.3) is 0 Å². The lowest BCUT2D eigenvalue weighted by Crippen LogP contribution is -2.40. The minimum Gasteiger partial charge on any atom is -0.384 e. The van der Waals surface area contributed by atoms with Crippen LogP contribution in [0.5, 0.6) is 0 Å². The van der Waals surface area contributed by atoms with Crippen LogP contribution >= 0.6 is 0 Å². The largest absolute Gasteiger partial charge is 0.384 e. The Morgan fingerprint density at radius 2 is 1.61 bits per heavy atom. The fourth-order valence-corrected chi connectivity index (χ4v) is 7.46. The number of amides is 1. The molecule has 0 radical (unpaired) electrons. The zero-order chi connectivity index (χ0) is 30.2. The average Bonchev–Trinajstić information content (AvgIpc) is 3.35. The topological polar surface area (TPSA) is 163 Å². The van der Waals surface area contributed by atoms with Crippen molar-refractivity contribution in [3.63, 3.8) is 0 Å². The molecule has 0 aliphatic carbocycles. The van der Waals surface area contributed by atoms with E-state index in [9.17, 15) is 21.6 Å². The van der Waals surface area contributed by atoms with Gasteiger partial charge >= 0.3 is 0 Å². The predicted octanol–water partition coefficient (Wildman–Crippen LogP) is 3.33.